The molecular weight excluding hydrogens is 312 g/mol. The third kappa shape index (κ3) is 3.70. The Labute approximate surface area is 152 Å². The summed E-state index contributed by atoms with van der Waals surface area (Å²) in [7, 11) is 0. The van der Waals surface area contributed by atoms with Crippen LogP contribution in [0.2, 0.25) is 0 Å². The van der Waals surface area contributed by atoms with Gasteiger partial charge < -0.3 is 15.4 Å². The fraction of sp³-hybridized carbons (Fsp3) is 0.952. The van der Waals surface area contributed by atoms with Crippen LogP contribution in [0, 0.1) is 29.1 Å². The second kappa shape index (κ2) is 6.44. The van der Waals surface area contributed by atoms with E-state index in [1.165, 1.54) is 38.5 Å². The maximum Gasteiger partial charge on any atom is 0.315 e. The Bertz CT molecular complexity index is 475. The molecule has 2 atom stereocenters. The van der Waals surface area contributed by atoms with Crippen LogP contribution in [0.25, 0.3) is 0 Å². The van der Waals surface area contributed by atoms with Gasteiger partial charge in [0.2, 0.25) is 0 Å². The van der Waals surface area contributed by atoms with Crippen LogP contribution in [0.4, 0.5) is 4.79 Å². The van der Waals surface area contributed by atoms with Crippen LogP contribution >= 0.6 is 0 Å². The first kappa shape index (κ1) is 17.6. The van der Waals surface area contributed by atoms with Gasteiger partial charge in [0.1, 0.15) is 0 Å². The Kier molecular flexibility index (Phi) is 4.54. The van der Waals surface area contributed by atoms with E-state index < -0.39 is 0 Å². The molecule has 4 saturated carbocycles. The molecule has 1 aliphatic heterocycles. The molecule has 0 aromatic heterocycles. The maximum atomic E-state index is 12.7. The van der Waals surface area contributed by atoms with Crippen molar-refractivity contribution in [2.24, 2.45) is 29.1 Å². The molecule has 25 heavy (non-hydrogen) atoms. The van der Waals surface area contributed by atoms with Gasteiger partial charge in [-0.3, -0.25) is 0 Å². The van der Waals surface area contributed by atoms with E-state index in [0.717, 1.165) is 43.7 Å². The van der Waals surface area contributed by atoms with Crippen molar-refractivity contribution in [1.29, 1.82) is 0 Å². The quantitative estimate of drug-likeness (QED) is 0.807. The average Bonchev–Trinajstić information content (AvgIpc) is 2.50. The van der Waals surface area contributed by atoms with E-state index in [9.17, 15) is 4.79 Å². The van der Waals surface area contributed by atoms with Gasteiger partial charge in [-0.05, 0) is 74.5 Å². The van der Waals surface area contributed by atoms with Crippen LogP contribution in [0.15, 0.2) is 0 Å². The molecule has 1 saturated heterocycles. The smallest absolute Gasteiger partial charge is 0.315 e. The molecular formula is C21H36N2O2. The van der Waals surface area contributed by atoms with Crippen molar-refractivity contribution in [2.75, 3.05) is 13.2 Å². The molecule has 5 aliphatic rings. The van der Waals surface area contributed by atoms with Crippen molar-refractivity contribution in [1.82, 2.24) is 10.6 Å². The molecule has 0 unspecified atom stereocenters. The number of rotatable bonds is 3. The normalized spacial score (nSPS) is 43.1. The Morgan fingerprint density at radius 3 is 2.24 bits per heavy atom. The van der Waals surface area contributed by atoms with E-state index >= 15 is 0 Å². The van der Waals surface area contributed by atoms with Crippen LogP contribution in [0.1, 0.15) is 72.1 Å². The summed E-state index contributed by atoms with van der Waals surface area (Å²) < 4.78 is 6.05. The van der Waals surface area contributed by atoms with Crippen LogP contribution in [0.3, 0.4) is 0 Å². The van der Waals surface area contributed by atoms with E-state index in [4.69, 9.17) is 4.74 Å². The summed E-state index contributed by atoms with van der Waals surface area (Å²) in [6, 6.07) is 0.0557. The van der Waals surface area contributed by atoms with Gasteiger partial charge in [-0.1, -0.05) is 20.8 Å². The fourth-order valence-electron chi connectivity index (χ4n) is 6.78. The molecule has 0 aromatic carbocycles. The third-order valence-electron chi connectivity index (χ3n) is 7.24. The summed E-state index contributed by atoms with van der Waals surface area (Å²) in [5.74, 6) is 3.02. The summed E-state index contributed by atoms with van der Waals surface area (Å²) in [5.41, 5.74) is 0.231. The number of carbonyl (C=O) groups is 1. The van der Waals surface area contributed by atoms with Gasteiger partial charge in [0.15, 0.2) is 0 Å². The van der Waals surface area contributed by atoms with E-state index in [1.807, 2.05) is 0 Å². The SMILES string of the molecule is CC(C)(C)[C@H]1OCCC[C@@H]1CNC(=O)NC12CC3CC(CC(C3)C1)C2. The van der Waals surface area contributed by atoms with Crippen molar-refractivity contribution >= 4 is 6.03 Å². The Hall–Kier alpha value is -0.770. The maximum absolute atomic E-state index is 12.7. The zero-order chi connectivity index (χ0) is 17.7. The van der Waals surface area contributed by atoms with E-state index in [0.29, 0.717) is 5.92 Å². The zero-order valence-corrected chi connectivity index (χ0v) is 16.3. The van der Waals surface area contributed by atoms with Gasteiger partial charge in [-0.15, -0.1) is 0 Å². The first-order valence-electron chi connectivity index (χ1n) is 10.5. The van der Waals surface area contributed by atoms with Gasteiger partial charge in [-0.25, -0.2) is 4.79 Å². The molecule has 4 heteroatoms. The van der Waals surface area contributed by atoms with Crippen molar-refractivity contribution in [3.8, 4) is 0 Å². The second-order valence-corrected chi connectivity index (χ2v) is 10.6. The molecule has 5 rings (SSSR count). The molecule has 1 heterocycles. The highest BCUT2D eigenvalue weighted by Gasteiger charge is 2.51. The number of nitrogens with one attached hydrogen (secondary N) is 2. The van der Waals surface area contributed by atoms with Crippen molar-refractivity contribution < 1.29 is 9.53 Å². The van der Waals surface area contributed by atoms with Crippen molar-refractivity contribution in [3.05, 3.63) is 0 Å². The van der Waals surface area contributed by atoms with Gasteiger partial charge in [0.05, 0.1) is 6.10 Å². The minimum atomic E-state index is 0.0557. The van der Waals surface area contributed by atoms with E-state index in [2.05, 4.69) is 31.4 Å². The van der Waals surface area contributed by atoms with E-state index in [1.54, 1.807) is 0 Å². The summed E-state index contributed by atoms with van der Waals surface area (Å²) in [5, 5.41) is 6.63. The lowest BCUT2D eigenvalue weighted by Crippen LogP contribution is -2.61. The van der Waals surface area contributed by atoms with Gasteiger partial charge >= 0.3 is 6.03 Å². The Balaban J connectivity index is 1.32. The molecule has 5 fully saturated rings. The van der Waals surface area contributed by atoms with Gasteiger partial charge in [0.25, 0.3) is 0 Å². The summed E-state index contributed by atoms with van der Waals surface area (Å²) in [6.45, 7) is 8.32. The molecule has 2 N–H and O–H groups in total. The van der Waals surface area contributed by atoms with Crippen molar-refractivity contribution in [2.45, 2.75) is 83.8 Å². The first-order valence-corrected chi connectivity index (χ1v) is 10.5. The number of amides is 2. The largest absolute Gasteiger partial charge is 0.377 e. The predicted octanol–water partition coefficient (Wildman–Crippen LogP) is 4.10. The molecule has 0 radical (unpaired) electrons. The molecule has 142 valence electrons. The average molecular weight is 349 g/mol. The molecule has 0 spiro atoms. The van der Waals surface area contributed by atoms with Gasteiger partial charge in [0, 0.05) is 24.6 Å². The van der Waals surface area contributed by atoms with Crippen molar-refractivity contribution in [3.63, 3.8) is 0 Å². The molecule has 2 amide bonds. The highest BCUT2D eigenvalue weighted by Crippen LogP contribution is 2.55. The number of carbonyl (C=O) groups excluding carboxylic acids is 1. The molecule has 4 aliphatic carbocycles. The lowest BCUT2D eigenvalue weighted by atomic mass is 9.53. The number of hydrogen-bond acceptors (Lipinski definition) is 2. The van der Waals surface area contributed by atoms with Crippen LogP contribution in [0.5, 0.6) is 0 Å². The van der Waals surface area contributed by atoms with Crippen LogP contribution in [-0.4, -0.2) is 30.8 Å². The van der Waals surface area contributed by atoms with Gasteiger partial charge in [-0.2, -0.15) is 0 Å². The minimum Gasteiger partial charge on any atom is -0.377 e. The lowest BCUT2D eigenvalue weighted by molar-refractivity contribution is -0.0839. The lowest BCUT2D eigenvalue weighted by Gasteiger charge is -2.56. The standard InChI is InChI=1S/C21H36N2O2/c1-20(2,3)18-17(5-4-6-25-18)13-22-19(24)23-21-10-14-7-15(11-21)9-16(8-14)12-21/h14-18H,4-13H2,1-3H3,(H2,22,23,24)/t14?,15?,16?,17-,18+,21?/m1/s1. The number of hydrogen-bond donors (Lipinski definition) is 2. The predicted molar refractivity (Wildman–Crippen MR) is 99.4 cm³/mol. The Morgan fingerprint density at radius 1 is 1.08 bits per heavy atom. The van der Waals surface area contributed by atoms with Crippen LogP contribution < -0.4 is 10.6 Å². The number of urea groups is 1. The Morgan fingerprint density at radius 2 is 1.68 bits per heavy atom. The highest BCUT2D eigenvalue weighted by molar-refractivity contribution is 5.74. The van der Waals surface area contributed by atoms with E-state index in [-0.39, 0.29) is 23.1 Å². The summed E-state index contributed by atoms with van der Waals surface area (Å²) in [6.07, 6.45) is 10.4. The minimum absolute atomic E-state index is 0.0557. The third-order valence-corrected chi connectivity index (χ3v) is 7.24. The molecule has 4 bridgehead atoms. The fourth-order valence-corrected chi connectivity index (χ4v) is 6.78. The second-order valence-electron chi connectivity index (χ2n) is 10.6. The highest BCUT2D eigenvalue weighted by atomic mass is 16.5. The van der Waals surface area contributed by atoms with Crippen LogP contribution in [-0.2, 0) is 4.74 Å². The number of ether oxygens (including phenoxy) is 1. The monoisotopic (exact) mass is 348 g/mol. The summed E-state index contributed by atoms with van der Waals surface area (Å²) in [4.78, 5) is 12.7. The molecule has 0 aromatic rings. The molecule has 4 nitrogen and oxygen atoms in total. The topological polar surface area (TPSA) is 50.4 Å². The zero-order valence-electron chi connectivity index (χ0n) is 16.3. The first-order chi connectivity index (χ1) is 11.8. The summed E-state index contributed by atoms with van der Waals surface area (Å²) >= 11 is 0.